The van der Waals surface area contributed by atoms with Crippen molar-refractivity contribution in [2.45, 2.75) is 37.3 Å². The molecule has 1 heterocycles. The quantitative estimate of drug-likeness (QED) is 0.591. The molecule has 2 nitrogen and oxygen atoms in total. The van der Waals surface area contributed by atoms with Crippen LogP contribution in [0.15, 0.2) is 35.6 Å². The van der Waals surface area contributed by atoms with Crippen molar-refractivity contribution in [3.8, 4) is 0 Å². The van der Waals surface area contributed by atoms with Crippen LogP contribution >= 0.6 is 11.8 Å². The van der Waals surface area contributed by atoms with Crippen LogP contribution in [0.4, 0.5) is 0 Å². The van der Waals surface area contributed by atoms with E-state index in [1.807, 2.05) is 12.5 Å². The summed E-state index contributed by atoms with van der Waals surface area (Å²) in [4.78, 5) is 9.18. The van der Waals surface area contributed by atoms with E-state index >= 15 is 0 Å². The van der Waals surface area contributed by atoms with Crippen molar-refractivity contribution >= 4 is 11.8 Å². The molecule has 0 aliphatic heterocycles. The maximum absolute atomic E-state index is 4.77. The van der Waals surface area contributed by atoms with E-state index in [4.69, 9.17) is 4.98 Å². The zero-order valence-electron chi connectivity index (χ0n) is 11.7. The van der Waals surface area contributed by atoms with Crippen LogP contribution in [0.5, 0.6) is 0 Å². The van der Waals surface area contributed by atoms with Gasteiger partial charge in [0, 0.05) is 11.9 Å². The molecule has 4 rings (SSSR count). The number of fused-ring (bicyclic) bond motifs is 2. The molecule has 0 fully saturated rings. The average Bonchev–Trinajstić information content (AvgIpc) is 2.83. The monoisotopic (exact) mass is 282 g/mol. The van der Waals surface area contributed by atoms with Crippen molar-refractivity contribution in [1.29, 1.82) is 0 Å². The summed E-state index contributed by atoms with van der Waals surface area (Å²) in [6, 6.07) is 8.94. The predicted octanol–water partition coefficient (Wildman–Crippen LogP) is 3.47. The third-order valence-corrected chi connectivity index (χ3v) is 5.39. The normalized spacial score (nSPS) is 18.9. The molecule has 0 radical (unpaired) electrons. The first kappa shape index (κ1) is 12.4. The molecule has 1 aromatic heterocycles. The first-order valence-corrected chi connectivity index (χ1v) is 8.46. The van der Waals surface area contributed by atoms with Crippen molar-refractivity contribution in [2.24, 2.45) is 5.41 Å². The van der Waals surface area contributed by atoms with Crippen LogP contribution < -0.4 is 0 Å². The van der Waals surface area contributed by atoms with Crippen molar-refractivity contribution in [3.63, 3.8) is 0 Å². The van der Waals surface area contributed by atoms with E-state index in [1.165, 1.54) is 30.5 Å². The lowest BCUT2D eigenvalue weighted by atomic mass is 9.71. The molecule has 1 aromatic carbocycles. The Labute approximate surface area is 124 Å². The van der Waals surface area contributed by atoms with E-state index in [0.717, 1.165) is 18.0 Å². The van der Waals surface area contributed by atoms with Gasteiger partial charge in [-0.15, -0.1) is 0 Å². The molecule has 102 valence electrons. The minimum absolute atomic E-state index is 0.417. The van der Waals surface area contributed by atoms with Gasteiger partial charge in [-0.05, 0) is 60.5 Å². The largest absolute Gasteiger partial charge is 0.231 e. The van der Waals surface area contributed by atoms with Crippen LogP contribution in [0.2, 0.25) is 0 Å². The number of hydrogen-bond donors (Lipinski definition) is 0. The standard InChI is InChI=1S/C17H18N2S/c1-20-16-18-11-14-6-7-17(10-15(14)19-16)8-12-4-2-3-5-13(12)9-17/h2-5,11H,6-10H2,1H3. The molecule has 0 amide bonds. The Morgan fingerprint density at radius 2 is 1.80 bits per heavy atom. The van der Waals surface area contributed by atoms with Gasteiger partial charge in [0.2, 0.25) is 0 Å². The highest BCUT2D eigenvalue weighted by atomic mass is 32.2. The fourth-order valence-corrected chi connectivity index (χ4v) is 4.16. The summed E-state index contributed by atoms with van der Waals surface area (Å²) in [5.41, 5.74) is 6.18. The van der Waals surface area contributed by atoms with E-state index in [0.29, 0.717) is 5.41 Å². The van der Waals surface area contributed by atoms with E-state index in [9.17, 15) is 0 Å². The first-order chi connectivity index (χ1) is 9.78. The highest BCUT2D eigenvalue weighted by Gasteiger charge is 2.40. The van der Waals surface area contributed by atoms with Gasteiger partial charge in [-0.3, -0.25) is 0 Å². The first-order valence-electron chi connectivity index (χ1n) is 7.24. The molecule has 0 saturated carbocycles. The van der Waals surface area contributed by atoms with Gasteiger partial charge in [0.15, 0.2) is 5.16 Å². The van der Waals surface area contributed by atoms with Crippen LogP contribution in [0.3, 0.4) is 0 Å². The van der Waals surface area contributed by atoms with Crippen molar-refractivity contribution in [2.75, 3.05) is 6.26 Å². The second kappa shape index (κ2) is 4.59. The Hall–Kier alpha value is -1.35. The van der Waals surface area contributed by atoms with E-state index in [-0.39, 0.29) is 0 Å². The Bertz CT molecular complexity index is 641. The molecule has 3 heteroatoms. The summed E-state index contributed by atoms with van der Waals surface area (Å²) in [5.74, 6) is 0. The van der Waals surface area contributed by atoms with Crippen LogP contribution in [0.25, 0.3) is 0 Å². The SMILES string of the molecule is CSc1ncc2c(n1)CC1(CC2)Cc2ccccc2C1. The lowest BCUT2D eigenvalue weighted by Gasteiger charge is -2.34. The number of thioether (sulfide) groups is 1. The van der Waals surface area contributed by atoms with Gasteiger partial charge in [-0.1, -0.05) is 36.0 Å². The highest BCUT2D eigenvalue weighted by Crippen LogP contribution is 2.45. The van der Waals surface area contributed by atoms with Gasteiger partial charge < -0.3 is 0 Å². The summed E-state index contributed by atoms with van der Waals surface area (Å²) in [6.07, 6.45) is 10.1. The molecule has 2 aliphatic rings. The number of rotatable bonds is 1. The number of benzene rings is 1. The molecule has 0 unspecified atom stereocenters. The van der Waals surface area contributed by atoms with Crippen molar-refractivity contribution in [3.05, 3.63) is 52.8 Å². The minimum atomic E-state index is 0.417. The molecule has 0 bridgehead atoms. The van der Waals surface area contributed by atoms with E-state index in [2.05, 4.69) is 29.2 Å². The smallest absolute Gasteiger partial charge is 0.187 e. The number of aryl methyl sites for hydroxylation is 1. The molecule has 1 spiro atoms. The van der Waals surface area contributed by atoms with Crippen LogP contribution in [-0.2, 0) is 25.7 Å². The topological polar surface area (TPSA) is 25.8 Å². The van der Waals surface area contributed by atoms with Crippen molar-refractivity contribution < 1.29 is 0 Å². The van der Waals surface area contributed by atoms with Gasteiger partial charge in [0.1, 0.15) is 0 Å². The molecular formula is C17H18N2S. The zero-order valence-corrected chi connectivity index (χ0v) is 12.5. The lowest BCUT2D eigenvalue weighted by molar-refractivity contribution is 0.257. The number of hydrogen-bond acceptors (Lipinski definition) is 3. The second-order valence-corrected chi connectivity index (χ2v) is 6.90. The van der Waals surface area contributed by atoms with Crippen LogP contribution in [-0.4, -0.2) is 16.2 Å². The molecular weight excluding hydrogens is 264 g/mol. The summed E-state index contributed by atoms with van der Waals surface area (Å²) in [5, 5.41) is 0.913. The summed E-state index contributed by atoms with van der Waals surface area (Å²) in [6.45, 7) is 0. The minimum Gasteiger partial charge on any atom is -0.231 e. The number of aromatic nitrogens is 2. The lowest BCUT2D eigenvalue weighted by Crippen LogP contribution is -2.30. The third-order valence-electron chi connectivity index (χ3n) is 4.83. The highest BCUT2D eigenvalue weighted by molar-refractivity contribution is 7.98. The Kier molecular flexibility index (Phi) is 2.84. The Morgan fingerprint density at radius 1 is 1.05 bits per heavy atom. The Balaban J connectivity index is 1.67. The van der Waals surface area contributed by atoms with Gasteiger partial charge in [0.25, 0.3) is 0 Å². The van der Waals surface area contributed by atoms with Gasteiger partial charge in [0.05, 0.1) is 0 Å². The fraction of sp³-hybridized carbons (Fsp3) is 0.412. The maximum Gasteiger partial charge on any atom is 0.187 e. The average molecular weight is 282 g/mol. The zero-order chi connectivity index (χ0) is 13.6. The molecule has 0 N–H and O–H groups in total. The van der Waals surface area contributed by atoms with Gasteiger partial charge in [-0.25, -0.2) is 9.97 Å². The summed E-state index contributed by atoms with van der Waals surface area (Å²) < 4.78 is 0. The van der Waals surface area contributed by atoms with E-state index in [1.54, 1.807) is 22.9 Å². The second-order valence-electron chi connectivity index (χ2n) is 6.13. The van der Waals surface area contributed by atoms with Crippen molar-refractivity contribution in [1.82, 2.24) is 9.97 Å². The number of nitrogens with zero attached hydrogens (tertiary/aromatic N) is 2. The molecule has 0 atom stereocenters. The van der Waals surface area contributed by atoms with Gasteiger partial charge >= 0.3 is 0 Å². The molecule has 0 saturated heterocycles. The molecule has 2 aliphatic carbocycles. The fourth-order valence-electron chi connectivity index (χ4n) is 3.80. The Morgan fingerprint density at radius 3 is 2.50 bits per heavy atom. The molecule has 2 aromatic rings. The van der Waals surface area contributed by atoms with Crippen LogP contribution in [0, 0.1) is 5.41 Å². The van der Waals surface area contributed by atoms with Gasteiger partial charge in [-0.2, -0.15) is 0 Å². The third kappa shape index (κ3) is 1.96. The summed E-state index contributed by atoms with van der Waals surface area (Å²) >= 11 is 1.64. The van der Waals surface area contributed by atoms with E-state index < -0.39 is 0 Å². The maximum atomic E-state index is 4.77. The predicted molar refractivity (Wildman–Crippen MR) is 82.1 cm³/mol. The summed E-state index contributed by atoms with van der Waals surface area (Å²) in [7, 11) is 0. The molecule has 20 heavy (non-hydrogen) atoms. The van der Waals surface area contributed by atoms with Crippen LogP contribution in [0.1, 0.15) is 28.8 Å².